The van der Waals surface area contributed by atoms with Crippen LogP contribution in [0.25, 0.3) is 0 Å². The molecule has 2 rings (SSSR count). The molecule has 0 atom stereocenters. The van der Waals surface area contributed by atoms with E-state index in [1.54, 1.807) is 0 Å². The lowest BCUT2D eigenvalue weighted by molar-refractivity contribution is 0.0780. The first-order chi connectivity index (χ1) is 9.40. The van der Waals surface area contributed by atoms with E-state index in [0.29, 0.717) is 0 Å². The number of hydrogen-bond acceptors (Lipinski definition) is 2. The second kappa shape index (κ2) is 5.97. The van der Waals surface area contributed by atoms with Crippen LogP contribution in [0.5, 0.6) is 0 Å². The molecule has 2 nitrogen and oxygen atoms in total. The monoisotopic (exact) mass is 363 g/mol. The van der Waals surface area contributed by atoms with Crippen LogP contribution >= 0.6 is 27.3 Å². The molecule has 0 saturated heterocycles. The Morgan fingerprint density at radius 2 is 2.00 bits per heavy atom. The Hall–Kier alpha value is -1.34. The molecule has 1 heterocycles. The molecule has 1 amide bonds. The fourth-order valence-corrected chi connectivity index (χ4v) is 3.14. The number of carbonyl (C=O) groups excluding carboxylic acids is 1. The average Bonchev–Trinajstić information content (AvgIpc) is 2.81. The van der Waals surface area contributed by atoms with E-state index in [4.69, 9.17) is 0 Å². The molecule has 0 aliphatic carbocycles. The fraction of sp³-hybridized carbons (Fsp3) is 0.154. The highest BCUT2D eigenvalue weighted by Gasteiger charge is 2.21. The van der Waals surface area contributed by atoms with E-state index in [0.717, 1.165) is 21.5 Å². The lowest BCUT2D eigenvalue weighted by Gasteiger charge is -2.16. The molecule has 0 fully saturated rings. The number of halogens is 4. The van der Waals surface area contributed by atoms with Crippen LogP contribution in [-0.4, -0.2) is 17.9 Å². The molecule has 0 aliphatic rings. The smallest absolute Gasteiger partial charge is 0.257 e. The van der Waals surface area contributed by atoms with Crippen molar-refractivity contribution in [3.8, 4) is 0 Å². The molecule has 2 aromatic rings. The molecule has 1 aromatic heterocycles. The van der Waals surface area contributed by atoms with Crippen LogP contribution in [0, 0.1) is 17.5 Å². The summed E-state index contributed by atoms with van der Waals surface area (Å²) in [5.41, 5.74) is -0.484. The van der Waals surface area contributed by atoms with Crippen LogP contribution in [0.2, 0.25) is 0 Å². The van der Waals surface area contributed by atoms with Gasteiger partial charge in [-0.15, -0.1) is 11.3 Å². The lowest BCUT2D eigenvalue weighted by Crippen LogP contribution is -2.27. The molecule has 20 heavy (non-hydrogen) atoms. The maximum atomic E-state index is 13.5. The first kappa shape index (κ1) is 15.1. The fourth-order valence-electron chi connectivity index (χ4n) is 1.64. The third-order valence-electron chi connectivity index (χ3n) is 2.63. The Morgan fingerprint density at radius 3 is 2.60 bits per heavy atom. The number of hydrogen-bond donors (Lipinski definition) is 0. The van der Waals surface area contributed by atoms with Gasteiger partial charge in [-0.1, -0.05) is 0 Å². The van der Waals surface area contributed by atoms with Gasteiger partial charge in [0.25, 0.3) is 5.91 Å². The van der Waals surface area contributed by atoms with Gasteiger partial charge < -0.3 is 4.90 Å². The van der Waals surface area contributed by atoms with Crippen molar-refractivity contribution in [1.82, 2.24) is 4.90 Å². The van der Waals surface area contributed by atoms with Gasteiger partial charge in [0.05, 0.1) is 12.1 Å². The zero-order valence-corrected chi connectivity index (χ0v) is 12.7. The predicted octanol–water partition coefficient (Wildman–Crippen LogP) is 4.20. The van der Waals surface area contributed by atoms with E-state index < -0.39 is 28.9 Å². The van der Waals surface area contributed by atoms with Crippen LogP contribution in [0.15, 0.2) is 28.1 Å². The molecule has 0 saturated carbocycles. The summed E-state index contributed by atoms with van der Waals surface area (Å²) in [6, 6.07) is 3.51. The number of benzene rings is 1. The zero-order valence-electron chi connectivity index (χ0n) is 10.3. The van der Waals surface area contributed by atoms with Gasteiger partial charge in [-0.05, 0) is 34.1 Å². The molecule has 0 bridgehead atoms. The summed E-state index contributed by atoms with van der Waals surface area (Å²) in [5.74, 6) is -5.12. The average molecular weight is 364 g/mol. The summed E-state index contributed by atoms with van der Waals surface area (Å²) in [6.45, 7) is 0.257. The van der Waals surface area contributed by atoms with E-state index in [1.807, 2.05) is 11.4 Å². The van der Waals surface area contributed by atoms with Crippen molar-refractivity contribution in [1.29, 1.82) is 0 Å². The SMILES string of the molecule is CN(Cc1cc(Br)cs1)C(=O)c1ccc(F)c(F)c1F. The molecule has 0 unspecified atom stereocenters. The molecular weight excluding hydrogens is 355 g/mol. The third-order valence-corrected chi connectivity index (χ3v) is 4.31. The van der Waals surface area contributed by atoms with Crippen molar-refractivity contribution in [2.45, 2.75) is 6.54 Å². The van der Waals surface area contributed by atoms with Crippen molar-refractivity contribution >= 4 is 33.2 Å². The number of nitrogens with zero attached hydrogens (tertiary/aromatic N) is 1. The van der Waals surface area contributed by atoms with Gasteiger partial charge in [-0.2, -0.15) is 0 Å². The van der Waals surface area contributed by atoms with Crippen LogP contribution in [0.4, 0.5) is 13.2 Å². The van der Waals surface area contributed by atoms with Gasteiger partial charge in [0.2, 0.25) is 0 Å². The Balaban J connectivity index is 2.21. The van der Waals surface area contributed by atoms with Gasteiger partial charge >= 0.3 is 0 Å². The summed E-state index contributed by atoms with van der Waals surface area (Å²) in [4.78, 5) is 14.2. The van der Waals surface area contributed by atoms with Crippen molar-refractivity contribution in [3.05, 3.63) is 55.9 Å². The minimum absolute atomic E-state index is 0.257. The molecule has 7 heteroatoms. The van der Waals surface area contributed by atoms with E-state index >= 15 is 0 Å². The first-order valence-corrected chi connectivity index (χ1v) is 7.19. The minimum Gasteiger partial charge on any atom is -0.336 e. The molecule has 0 aliphatic heterocycles. The maximum absolute atomic E-state index is 13.5. The topological polar surface area (TPSA) is 20.3 Å². The van der Waals surface area contributed by atoms with Crippen molar-refractivity contribution in [2.75, 3.05) is 7.05 Å². The number of thiophene rings is 1. The zero-order chi connectivity index (χ0) is 14.9. The van der Waals surface area contributed by atoms with E-state index in [1.165, 1.54) is 23.3 Å². The van der Waals surface area contributed by atoms with Crippen molar-refractivity contribution in [3.63, 3.8) is 0 Å². The Labute approximate surface area is 126 Å². The Kier molecular flexibility index (Phi) is 4.49. The first-order valence-electron chi connectivity index (χ1n) is 5.52. The van der Waals surface area contributed by atoms with Crippen LogP contribution < -0.4 is 0 Å². The molecule has 106 valence electrons. The van der Waals surface area contributed by atoms with Gasteiger partial charge in [0.15, 0.2) is 17.5 Å². The summed E-state index contributed by atoms with van der Waals surface area (Å²) in [7, 11) is 1.47. The molecule has 1 aromatic carbocycles. The highest BCUT2D eigenvalue weighted by atomic mass is 79.9. The maximum Gasteiger partial charge on any atom is 0.257 e. The van der Waals surface area contributed by atoms with Crippen LogP contribution in [-0.2, 0) is 6.54 Å². The van der Waals surface area contributed by atoms with Crippen molar-refractivity contribution in [2.24, 2.45) is 0 Å². The Morgan fingerprint density at radius 1 is 1.30 bits per heavy atom. The quantitative estimate of drug-likeness (QED) is 0.748. The van der Waals surface area contributed by atoms with Gasteiger partial charge in [0, 0.05) is 21.8 Å². The number of amides is 1. The summed E-state index contributed by atoms with van der Waals surface area (Å²) < 4.78 is 40.4. The summed E-state index contributed by atoms with van der Waals surface area (Å²) >= 11 is 4.72. The van der Waals surface area contributed by atoms with Gasteiger partial charge in [-0.25, -0.2) is 13.2 Å². The normalized spacial score (nSPS) is 10.7. The minimum atomic E-state index is -1.64. The van der Waals surface area contributed by atoms with Crippen LogP contribution in [0.1, 0.15) is 15.2 Å². The standard InChI is InChI=1S/C13H9BrF3NOS/c1-18(5-8-4-7(14)6-20-8)13(19)9-2-3-10(15)12(17)11(9)16/h2-4,6H,5H2,1H3. The molecule has 0 radical (unpaired) electrons. The second-order valence-corrected chi connectivity index (χ2v) is 6.03. The number of rotatable bonds is 3. The molecular formula is C13H9BrF3NOS. The van der Waals surface area contributed by atoms with Crippen molar-refractivity contribution < 1.29 is 18.0 Å². The molecule has 0 spiro atoms. The van der Waals surface area contributed by atoms with E-state index in [2.05, 4.69) is 15.9 Å². The largest absolute Gasteiger partial charge is 0.336 e. The van der Waals surface area contributed by atoms with Crippen LogP contribution in [0.3, 0.4) is 0 Å². The summed E-state index contributed by atoms with van der Waals surface area (Å²) in [5, 5.41) is 1.85. The van der Waals surface area contributed by atoms with Gasteiger partial charge in [-0.3, -0.25) is 4.79 Å². The second-order valence-electron chi connectivity index (χ2n) is 4.12. The van der Waals surface area contributed by atoms with E-state index in [-0.39, 0.29) is 6.54 Å². The highest BCUT2D eigenvalue weighted by Crippen LogP contribution is 2.22. The lowest BCUT2D eigenvalue weighted by atomic mass is 10.1. The number of carbonyl (C=O) groups is 1. The third kappa shape index (κ3) is 3.04. The summed E-state index contributed by atoms with van der Waals surface area (Å²) in [6.07, 6.45) is 0. The Bertz CT molecular complexity index is 659. The van der Waals surface area contributed by atoms with Gasteiger partial charge in [0.1, 0.15) is 0 Å². The van der Waals surface area contributed by atoms with E-state index in [9.17, 15) is 18.0 Å². The highest BCUT2D eigenvalue weighted by molar-refractivity contribution is 9.10. The molecule has 0 N–H and O–H groups in total. The predicted molar refractivity (Wildman–Crippen MR) is 74.1 cm³/mol.